The van der Waals surface area contributed by atoms with Crippen molar-refractivity contribution in [3.63, 3.8) is 0 Å². The Morgan fingerprint density at radius 1 is 1.07 bits per heavy atom. The van der Waals surface area contributed by atoms with E-state index >= 15 is 0 Å². The van der Waals surface area contributed by atoms with E-state index in [0.717, 1.165) is 11.1 Å². The predicted molar refractivity (Wildman–Crippen MR) is 105 cm³/mol. The fraction of sp³-hybridized carbons (Fsp3) is 0.350. The highest BCUT2D eigenvalue weighted by molar-refractivity contribution is 5.78. The number of rotatable bonds is 6. The van der Waals surface area contributed by atoms with E-state index in [-0.39, 0.29) is 16.5 Å². The molecule has 1 saturated heterocycles. The van der Waals surface area contributed by atoms with Crippen LogP contribution in [0.4, 0.5) is 11.4 Å². The van der Waals surface area contributed by atoms with Crippen LogP contribution in [-0.4, -0.2) is 48.5 Å². The summed E-state index contributed by atoms with van der Waals surface area (Å²) >= 11 is 0. The Labute approximate surface area is 158 Å². The summed E-state index contributed by atoms with van der Waals surface area (Å²) in [4.78, 5) is 27.2. The molecule has 0 unspecified atom stereocenters. The normalized spacial score (nSPS) is 14.8. The molecule has 1 heterocycles. The van der Waals surface area contributed by atoms with Crippen molar-refractivity contribution in [2.45, 2.75) is 13.5 Å². The minimum absolute atomic E-state index is 0.00241. The van der Waals surface area contributed by atoms with Gasteiger partial charge in [-0.05, 0) is 24.1 Å². The SMILES string of the molecule is Cc1ccccc1CNC(=O)CN1CCN(c2ccccc2[N+](=O)[O-])CC1. The van der Waals surface area contributed by atoms with Gasteiger partial charge in [0.15, 0.2) is 0 Å². The number of nitrogens with one attached hydrogen (secondary N) is 1. The molecule has 0 aliphatic carbocycles. The maximum Gasteiger partial charge on any atom is 0.292 e. The molecular weight excluding hydrogens is 344 g/mol. The fourth-order valence-electron chi connectivity index (χ4n) is 3.29. The molecule has 0 radical (unpaired) electrons. The van der Waals surface area contributed by atoms with Crippen LogP contribution in [0.2, 0.25) is 0 Å². The molecule has 0 bridgehead atoms. The second-order valence-corrected chi connectivity index (χ2v) is 6.71. The van der Waals surface area contributed by atoms with Gasteiger partial charge in [0, 0.05) is 38.8 Å². The summed E-state index contributed by atoms with van der Waals surface area (Å²) in [6, 6.07) is 14.8. The number of carbonyl (C=O) groups is 1. The van der Waals surface area contributed by atoms with Gasteiger partial charge in [-0.3, -0.25) is 19.8 Å². The third-order valence-electron chi connectivity index (χ3n) is 4.90. The molecule has 3 rings (SSSR count). The van der Waals surface area contributed by atoms with Crippen molar-refractivity contribution >= 4 is 17.3 Å². The summed E-state index contributed by atoms with van der Waals surface area (Å²) in [5.41, 5.74) is 3.05. The zero-order valence-corrected chi connectivity index (χ0v) is 15.4. The first-order valence-corrected chi connectivity index (χ1v) is 9.06. The number of aryl methyl sites for hydroxylation is 1. The van der Waals surface area contributed by atoms with Crippen LogP contribution in [0.25, 0.3) is 0 Å². The average molecular weight is 368 g/mol. The number of nitro groups is 1. The third-order valence-corrected chi connectivity index (χ3v) is 4.90. The summed E-state index contributed by atoms with van der Waals surface area (Å²) in [5, 5.41) is 14.2. The van der Waals surface area contributed by atoms with Gasteiger partial charge in [-0.25, -0.2) is 0 Å². The van der Waals surface area contributed by atoms with E-state index in [0.29, 0.717) is 45.0 Å². The highest BCUT2D eigenvalue weighted by atomic mass is 16.6. The minimum atomic E-state index is -0.347. The summed E-state index contributed by atoms with van der Waals surface area (Å²) < 4.78 is 0. The van der Waals surface area contributed by atoms with Crippen LogP contribution in [0.3, 0.4) is 0 Å². The summed E-state index contributed by atoms with van der Waals surface area (Å²) in [6.07, 6.45) is 0. The number of hydrogen-bond donors (Lipinski definition) is 1. The van der Waals surface area contributed by atoms with Crippen LogP contribution in [0.5, 0.6) is 0 Å². The molecule has 0 aromatic heterocycles. The molecule has 1 amide bonds. The number of benzene rings is 2. The van der Waals surface area contributed by atoms with Gasteiger partial charge < -0.3 is 10.2 Å². The molecule has 0 spiro atoms. The van der Waals surface area contributed by atoms with Gasteiger partial charge >= 0.3 is 0 Å². The van der Waals surface area contributed by atoms with Crippen LogP contribution >= 0.6 is 0 Å². The Hall–Kier alpha value is -2.93. The molecule has 7 nitrogen and oxygen atoms in total. The smallest absolute Gasteiger partial charge is 0.292 e. The van der Waals surface area contributed by atoms with Crippen molar-refractivity contribution in [2.75, 3.05) is 37.6 Å². The van der Waals surface area contributed by atoms with Gasteiger partial charge in [-0.2, -0.15) is 0 Å². The highest BCUT2D eigenvalue weighted by Crippen LogP contribution is 2.28. The van der Waals surface area contributed by atoms with Crippen molar-refractivity contribution in [1.82, 2.24) is 10.2 Å². The minimum Gasteiger partial charge on any atom is -0.363 e. The number of piperazine rings is 1. The molecule has 2 aromatic carbocycles. The molecule has 0 saturated carbocycles. The van der Waals surface area contributed by atoms with Crippen LogP contribution in [-0.2, 0) is 11.3 Å². The number of nitro benzene ring substituents is 1. The third kappa shape index (κ3) is 4.83. The fourth-order valence-corrected chi connectivity index (χ4v) is 3.29. The number of para-hydroxylation sites is 2. The van der Waals surface area contributed by atoms with Crippen molar-refractivity contribution in [3.8, 4) is 0 Å². The largest absolute Gasteiger partial charge is 0.363 e. The Balaban J connectivity index is 1.49. The van der Waals surface area contributed by atoms with Gasteiger partial charge in [-0.15, -0.1) is 0 Å². The van der Waals surface area contributed by atoms with Gasteiger partial charge in [-0.1, -0.05) is 36.4 Å². The van der Waals surface area contributed by atoms with E-state index in [1.54, 1.807) is 12.1 Å². The topological polar surface area (TPSA) is 78.7 Å². The standard InChI is InChI=1S/C20H24N4O3/c1-16-6-2-3-7-17(16)14-21-20(25)15-22-10-12-23(13-11-22)18-8-4-5-9-19(18)24(26)27/h2-9H,10-15H2,1H3,(H,21,25). The Bertz CT molecular complexity index is 816. The van der Waals surface area contributed by atoms with E-state index in [1.165, 1.54) is 6.07 Å². The van der Waals surface area contributed by atoms with Crippen LogP contribution < -0.4 is 10.2 Å². The number of anilines is 1. The quantitative estimate of drug-likeness (QED) is 0.625. The summed E-state index contributed by atoms with van der Waals surface area (Å²) in [7, 11) is 0. The lowest BCUT2D eigenvalue weighted by Crippen LogP contribution is -2.49. The Kier molecular flexibility index (Phi) is 6.03. The molecule has 1 aliphatic heterocycles. The molecule has 7 heteroatoms. The lowest BCUT2D eigenvalue weighted by atomic mass is 10.1. The van der Waals surface area contributed by atoms with Gasteiger partial charge in [0.25, 0.3) is 5.69 Å². The van der Waals surface area contributed by atoms with Crippen LogP contribution in [0.1, 0.15) is 11.1 Å². The van der Waals surface area contributed by atoms with Gasteiger partial charge in [0.2, 0.25) is 5.91 Å². The first kappa shape index (κ1) is 18.8. The Morgan fingerprint density at radius 2 is 1.74 bits per heavy atom. The molecular formula is C20H24N4O3. The lowest BCUT2D eigenvalue weighted by molar-refractivity contribution is -0.384. The highest BCUT2D eigenvalue weighted by Gasteiger charge is 2.24. The molecule has 0 atom stereocenters. The van der Waals surface area contributed by atoms with Crippen LogP contribution in [0.15, 0.2) is 48.5 Å². The molecule has 1 fully saturated rings. The lowest BCUT2D eigenvalue weighted by Gasteiger charge is -2.35. The van der Waals surface area contributed by atoms with Crippen molar-refractivity contribution in [1.29, 1.82) is 0 Å². The summed E-state index contributed by atoms with van der Waals surface area (Å²) in [6.45, 7) is 5.63. The molecule has 1 N–H and O–H groups in total. The van der Waals surface area contributed by atoms with Crippen molar-refractivity contribution in [3.05, 3.63) is 69.8 Å². The molecule has 2 aromatic rings. The first-order valence-electron chi connectivity index (χ1n) is 9.06. The maximum absolute atomic E-state index is 12.2. The monoisotopic (exact) mass is 368 g/mol. The Morgan fingerprint density at radius 3 is 2.44 bits per heavy atom. The van der Waals surface area contributed by atoms with E-state index < -0.39 is 0 Å². The number of carbonyl (C=O) groups excluding carboxylic acids is 1. The van der Waals surface area contributed by atoms with Gasteiger partial charge in [0.05, 0.1) is 11.5 Å². The first-order chi connectivity index (χ1) is 13.0. The zero-order chi connectivity index (χ0) is 19.2. The van der Waals surface area contributed by atoms with E-state index in [9.17, 15) is 14.9 Å². The molecule has 27 heavy (non-hydrogen) atoms. The van der Waals surface area contributed by atoms with E-state index in [4.69, 9.17) is 0 Å². The molecule has 1 aliphatic rings. The predicted octanol–water partition coefficient (Wildman–Crippen LogP) is 2.34. The second-order valence-electron chi connectivity index (χ2n) is 6.71. The van der Waals surface area contributed by atoms with Gasteiger partial charge in [0.1, 0.15) is 5.69 Å². The summed E-state index contributed by atoms with van der Waals surface area (Å²) in [5.74, 6) is -0.00241. The maximum atomic E-state index is 12.2. The average Bonchev–Trinajstić information content (AvgIpc) is 2.68. The number of hydrogen-bond acceptors (Lipinski definition) is 5. The number of amides is 1. The van der Waals surface area contributed by atoms with Crippen molar-refractivity contribution < 1.29 is 9.72 Å². The van der Waals surface area contributed by atoms with Crippen LogP contribution in [0, 0.1) is 17.0 Å². The second kappa shape index (κ2) is 8.64. The van der Waals surface area contributed by atoms with E-state index in [2.05, 4.69) is 10.2 Å². The molecule has 142 valence electrons. The van der Waals surface area contributed by atoms with E-state index in [1.807, 2.05) is 42.2 Å². The van der Waals surface area contributed by atoms with Crippen molar-refractivity contribution in [2.24, 2.45) is 0 Å². The zero-order valence-electron chi connectivity index (χ0n) is 15.4. The number of nitrogens with zero attached hydrogens (tertiary/aromatic N) is 3.